The van der Waals surface area contributed by atoms with E-state index in [1.54, 1.807) is 6.20 Å². The topological polar surface area (TPSA) is 62.7 Å². The third-order valence-corrected chi connectivity index (χ3v) is 3.93. The lowest BCUT2D eigenvalue weighted by Gasteiger charge is -2.11. The Morgan fingerprint density at radius 3 is 2.38 bits per heavy atom. The summed E-state index contributed by atoms with van der Waals surface area (Å²) >= 11 is 12.0. The van der Waals surface area contributed by atoms with E-state index >= 15 is 0 Å². The Morgan fingerprint density at radius 1 is 0.833 bits per heavy atom. The molecule has 3 rings (SSSR count). The summed E-state index contributed by atoms with van der Waals surface area (Å²) in [6.07, 6.45) is 1.56. The summed E-state index contributed by atoms with van der Waals surface area (Å²) in [6, 6.07) is 11.2. The van der Waals surface area contributed by atoms with Crippen molar-refractivity contribution in [1.82, 2.24) is 15.2 Å². The maximum atomic E-state index is 6.04. The smallest absolute Gasteiger partial charge is 0.249 e. The van der Waals surface area contributed by atoms with Gasteiger partial charge in [-0.15, -0.1) is 5.10 Å². The fourth-order valence-electron chi connectivity index (χ4n) is 2.17. The van der Waals surface area contributed by atoms with Crippen molar-refractivity contribution in [3.8, 4) is 0 Å². The molecular weight excluding hydrogens is 345 g/mol. The number of anilines is 4. The molecule has 0 aliphatic rings. The Labute approximate surface area is 150 Å². The van der Waals surface area contributed by atoms with Gasteiger partial charge in [-0.3, -0.25) is 0 Å². The van der Waals surface area contributed by atoms with Crippen LogP contribution in [0.1, 0.15) is 11.1 Å². The number of hydrogen-bond donors (Lipinski definition) is 2. The van der Waals surface area contributed by atoms with Gasteiger partial charge in [0, 0.05) is 21.4 Å². The molecule has 0 spiro atoms. The molecule has 7 heteroatoms. The highest BCUT2D eigenvalue weighted by molar-refractivity contribution is 6.31. The molecule has 2 aromatic carbocycles. The van der Waals surface area contributed by atoms with Gasteiger partial charge in [0.05, 0.1) is 6.20 Å². The molecule has 0 amide bonds. The van der Waals surface area contributed by atoms with Gasteiger partial charge in [-0.05, 0) is 55.3 Å². The number of hydrogen-bond acceptors (Lipinski definition) is 5. The first-order valence-electron chi connectivity index (χ1n) is 7.27. The summed E-state index contributed by atoms with van der Waals surface area (Å²) in [5.41, 5.74) is 3.80. The number of benzene rings is 2. The van der Waals surface area contributed by atoms with Crippen molar-refractivity contribution >= 4 is 46.3 Å². The molecule has 1 aromatic heterocycles. The van der Waals surface area contributed by atoms with E-state index in [1.165, 1.54) is 0 Å². The maximum Gasteiger partial charge on any atom is 0.249 e. The number of aromatic nitrogens is 3. The van der Waals surface area contributed by atoms with Crippen molar-refractivity contribution in [3.63, 3.8) is 0 Å². The summed E-state index contributed by atoms with van der Waals surface area (Å²) in [4.78, 5) is 4.43. The molecule has 0 aliphatic carbocycles. The van der Waals surface area contributed by atoms with E-state index in [2.05, 4.69) is 25.8 Å². The van der Waals surface area contributed by atoms with Crippen molar-refractivity contribution in [2.45, 2.75) is 13.8 Å². The lowest BCUT2D eigenvalue weighted by Crippen LogP contribution is -2.03. The third kappa shape index (κ3) is 3.93. The van der Waals surface area contributed by atoms with Crippen molar-refractivity contribution < 1.29 is 0 Å². The number of rotatable bonds is 4. The molecule has 0 aliphatic heterocycles. The normalized spacial score (nSPS) is 10.5. The van der Waals surface area contributed by atoms with Crippen LogP contribution < -0.4 is 10.6 Å². The van der Waals surface area contributed by atoms with Gasteiger partial charge in [-0.25, -0.2) is 0 Å². The SMILES string of the molecule is Cc1ccc(Cl)cc1Nc1cnnc(Nc2ccc(Cl)cc2C)n1. The number of nitrogens with zero attached hydrogens (tertiary/aromatic N) is 3. The quantitative estimate of drug-likeness (QED) is 0.663. The average molecular weight is 360 g/mol. The minimum atomic E-state index is 0.394. The molecule has 0 saturated carbocycles. The molecule has 0 bridgehead atoms. The second-order valence-corrected chi connectivity index (χ2v) is 6.21. The predicted molar refractivity (Wildman–Crippen MR) is 98.8 cm³/mol. The van der Waals surface area contributed by atoms with Gasteiger partial charge in [0.25, 0.3) is 0 Å². The maximum absolute atomic E-state index is 6.04. The van der Waals surface area contributed by atoms with Crippen LogP contribution in [0, 0.1) is 13.8 Å². The minimum Gasteiger partial charge on any atom is -0.339 e. The van der Waals surface area contributed by atoms with Gasteiger partial charge in [0.2, 0.25) is 5.95 Å². The van der Waals surface area contributed by atoms with Crippen LogP contribution in [0.2, 0.25) is 10.0 Å². The standard InChI is InChI=1S/C17H15Cl2N5/c1-10-3-4-13(19)8-15(10)21-16-9-20-24-17(23-16)22-14-6-5-12(18)7-11(14)2/h3-9H,1-2H3,(H2,21,22,23,24). The van der Waals surface area contributed by atoms with E-state index < -0.39 is 0 Å². The van der Waals surface area contributed by atoms with Gasteiger partial charge in [0.15, 0.2) is 5.82 Å². The molecule has 122 valence electrons. The molecule has 0 unspecified atom stereocenters. The van der Waals surface area contributed by atoms with Crippen molar-refractivity contribution in [1.29, 1.82) is 0 Å². The second-order valence-electron chi connectivity index (χ2n) is 5.33. The van der Waals surface area contributed by atoms with Gasteiger partial charge < -0.3 is 10.6 Å². The highest BCUT2D eigenvalue weighted by Gasteiger charge is 2.06. The van der Waals surface area contributed by atoms with Crippen LogP contribution in [0.4, 0.5) is 23.1 Å². The minimum absolute atomic E-state index is 0.394. The summed E-state index contributed by atoms with van der Waals surface area (Å²) in [5, 5.41) is 15.7. The summed E-state index contributed by atoms with van der Waals surface area (Å²) in [6.45, 7) is 3.95. The van der Waals surface area contributed by atoms with Crippen LogP contribution in [0.5, 0.6) is 0 Å². The number of nitrogens with one attached hydrogen (secondary N) is 2. The van der Waals surface area contributed by atoms with E-state index in [0.717, 1.165) is 22.5 Å². The summed E-state index contributed by atoms with van der Waals surface area (Å²) < 4.78 is 0. The monoisotopic (exact) mass is 359 g/mol. The lowest BCUT2D eigenvalue weighted by atomic mass is 10.2. The van der Waals surface area contributed by atoms with Crippen LogP contribution in [0.25, 0.3) is 0 Å². The first-order valence-corrected chi connectivity index (χ1v) is 8.03. The van der Waals surface area contributed by atoms with E-state index in [0.29, 0.717) is 21.8 Å². The fourth-order valence-corrected chi connectivity index (χ4v) is 2.57. The first kappa shape index (κ1) is 16.5. The van der Waals surface area contributed by atoms with E-state index in [4.69, 9.17) is 23.2 Å². The Kier molecular flexibility index (Phi) is 4.83. The summed E-state index contributed by atoms with van der Waals surface area (Å²) in [7, 11) is 0. The zero-order valence-electron chi connectivity index (χ0n) is 13.1. The predicted octanol–water partition coefficient (Wildman–Crippen LogP) is 5.28. The number of halogens is 2. The van der Waals surface area contributed by atoms with E-state index in [9.17, 15) is 0 Å². The molecule has 1 heterocycles. The second kappa shape index (κ2) is 7.03. The lowest BCUT2D eigenvalue weighted by molar-refractivity contribution is 0.981. The first-order chi connectivity index (χ1) is 11.5. The van der Waals surface area contributed by atoms with Gasteiger partial charge >= 0.3 is 0 Å². The summed E-state index contributed by atoms with van der Waals surface area (Å²) in [5.74, 6) is 0.967. The Hall–Kier alpha value is -2.37. The van der Waals surface area contributed by atoms with Crippen LogP contribution in [-0.4, -0.2) is 15.2 Å². The van der Waals surface area contributed by atoms with Crippen LogP contribution in [-0.2, 0) is 0 Å². The van der Waals surface area contributed by atoms with Gasteiger partial charge in [0.1, 0.15) is 0 Å². The molecule has 0 fully saturated rings. The Morgan fingerprint density at radius 2 is 1.58 bits per heavy atom. The van der Waals surface area contributed by atoms with Gasteiger partial charge in [-0.1, -0.05) is 29.3 Å². The number of aryl methyl sites for hydroxylation is 2. The molecule has 3 aromatic rings. The van der Waals surface area contributed by atoms with Crippen LogP contribution >= 0.6 is 23.2 Å². The zero-order chi connectivity index (χ0) is 17.1. The van der Waals surface area contributed by atoms with Crippen LogP contribution in [0.3, 0.4) is 0 Å². The largest absolute Gasteiger partial charge is 0.339 e. The van der Waals surface area contributed by atoms with Crippen LogP contribution in [0.15, 0.2) is 42.6 Å². The van der Waals surface area contributed by atoms with Crippen molar-refractivity contribution in [2.24, 2.45) is 0 Å². The Bertz CT molecular complexity index is 883. The van der Waals surface area contributed by atoms with Crippen molar-refractivity contribution in [2.75, 3.05) is 10.6 Å². The zero-order valence-corrected chi connectivity index (χ0v) is 14.7. The Balaban J connectivity index is 1.82. The van der Waals surface area contributed by atoms with E-state index in [-0.39, 0.29) is 0 Å². The highest BCUT2D eigenvalue weighted by Crippen LogP contribution is 2.25. The third-order valence-electron chi connectivity index (χ3n) is 3.46. The highest BCUT2D eigenvalue weighted by atomic mass is 35.5. The van der Waals surface area contributed by atoms with Gasteiger partial charge in [-0.2, -0.15) is 10.1 Å². The molecule has 0 radical (unpaired) electrons. The fraction of sp³-hybridized carbons (Fsp3) is 0.118. The molecule has 2 N–H and O–H groups in total. The molecular formula is C17H15Cl2N5. The van der Waals surface area contributed by atoms with Crippen molar-refractivity contribution in [3.05, 3.63) is 63.8 Å². The van der Waals surface area contributed by atoms with E-state index in [1.807, 2.05) is 50.2 Å². The molecule has 0 saturated heterocycles. The molecule has 5 nitrogen and oxygen atoms in total. The molecule has 24 heavy (non-hydrogen) atoms. The molecule has 0 atom stereocenters. The average Bonchev–Trinajstić information content (AvgIpc) is 2.54.